The van der Waals surface area contributed by atoms with Gasteiger partial charge in [0.15, 0.2) is 0 Å². The van der Waals surface area contributed by atoms with Gasteiger partial charge in [0.1, 0.15) is 6.04 Å². The lowest BCUT2D eigenvalue weighted by atomic mass is 10.0. The van der Waals surface area contributed by atoms with Crippen molar-refractivity contribution in [3.05, 3.63) is 53.1 Å². The monoisotopic (exact) mass is 351 g/mol. The van der Waals surface area contributed by atoms with Crippen LogP contribution in [-0.4, -0.2) is 25.0 Å². The number of nitrogens with zero attached hydrogens (tertiary/aromatic N) is 1. The number of anilines is 3. The maximum absolute atomic E-state index is 12.6. The topological polar surface area (TPSA) is 44.4 Å². The molecule has 0 radical (unpaired) electrons. The molecule has 1 fully saturated rings. The fourth-order valence-electron chi connectivity index (χ4n) is 3.67. The lowest BCUT2D eigenvalue weighted by Gasteiger charge is -2.20. The summed E-state index contributed by atoms with van der Waals surface area (Å²) in [5.74, 6) is -0.0244. The van der Waals surface area contributed by atoms with Gasteiger partial charge >= 0.3 is 0 Å². The number of aryl methyl sites for hydroxylation is 3. The average molecular weight is 351 g/mol. The summed E-state index contributed by atoms with van der Waals surface area (Å²) in [5.41, 5.74) is 6.54. The molecular formula is C22H29N3O. The molecule has 4 nitrogen and oxygen atoms in total. The first-order valence-electron chi connectivity index (χ1n) is 9.44. The molecule has 2 aromatic rings. The van der Waals surface area contributed by atoms with E-state index in [1.807, 2.05) is 20.8 Å². The Bertz CT molecular complexity index is 753. The Morgan fingerprint density at radius 3 is 2.15 bits per heavy atom. The third-order valence-electron chi connectivity index (χ3n) is 5.04. The van der Waals surface area contributed by atoms with E-state index in [0.717, 1.165) is 35.6 Å². The molecule has 4 heteroatoms. The van der Waals surface area contributed by atoms with E-state index in [2.05, 4.69) is 58.9 Å². The average Bonchev–Trinajstić information content (AvgIpc) is 3.13. The van der Waals surface area contributed by atoms with Gasteiger partial charge in [-0.05, 0) is 75.9 Å². The Labute approximate surface area is 156 Å². The van der Waals surface area contributed by atoms with E-state index < -0.39 is 0 Å². The Kier molecular flexibility index (Phi) is 5.50. The molecule has 0 bridgehead atoms. The van der Waals surface area contributed by atoms with Crippen molar-refractivity contribution in [1.82, 2.24) is 0 Å². The van der Waals surface area contributed by atoms with Crippen LogP contribution < -0.4 is 15.5 Å². The van der Waals surface area contributed by atoms with E-state index in [4.69, 9.17) is 0 Å². The van der Waals surface area contributed by atoms with Crippen LogP contribution >= 0.6 is 0 Å². The first kappa shape index (κ1) is 18.3. The number of hydrogen-bond acceptors (Lipinski definition) is 3. The van der Waals surface area contributed by atoms with Gasteiger partial charge in [-0.15, -0.1) is 0 Å². The quantitative estimate of drug-likeness (QED) is 0.824. The summed E-state index contributed by atoms with van der Waals surface area (Å²) in [6.45, 7) is 10.3. The molecule has 2 N–H and O–H groups in total. The van der Waals surface area contributed by atoms with Crippen molar-refractivity contribution in [2.75, 3.05) is 28.6 Å². The lowest BCUT2D eigenvalue weighted by Crippen LogP contribution is -2.32. The molecule has 1 saturated heterocycles. The van der Waals surface area contributed by atoms with Gasteiger partial charge in [0.2, 0.25) is 5.91 Å². The summed E-state index contributed by atoms with van der Waals surface area (Å²) in [4.78, 5) is 15.0. The lowest BCUT2D eigenvalue weighted by molar-refractivity contribution is -0.116. The molecule has 0 unspecified atom stereocenters. The van der Waals surface area contributed by atoms with Crippen molar-refractivity contribution >= 4 is 23.0 Å². The Morgan fingerprint density at radius 1 is 1.00 bits per heavy atom. The summed E-state index contributed by atoms with van der Waals surface area (Å²) >= 11 is 0. The minimum atomic E-state index is -0.312. The molecular weight excluding hydrogens is 322 g/mol. The van der Waals surface area contributed by atoms with Crippen molar-refractivity contribution < 1.29 is 4.79 Å². The second-order valence-electron chi connectivity index (χ2n) is 7.37. The number of nitrogens with one attached hydrogen (secondary N) is 2. The van der Waals surface area contributed by atoms with Crippen molar-refractivity contribution in [2.24, 2.45) is 0 Å². The highest BCUT2D eigenvalue weighted by Crippen LogP contribution is 2.24. The summed E-state index contributed by atoms with van der Waals surface area (Å²) < 4.78 is 0. The first-order chi connectivity index (χ1) is 12.4. The van der Waals surface area contributed by atoms with Gasteiger partial charge in [0.05, 0.1) is 0 Å². The number of carbonyl (C=O) groups excluding carboxylic acids is 1. The smallest absolute Gasteiger partial charge is 0.246 e. The molecule has 1 amide bonds. The number of benzene rings is 2. The second kappa shape index (κ2) is 7.81. The predicted octanol–water partition coefficient (Wildman–Crippen LogP) is 4.65. The molecule has 0 spiro atoms. The van der Waals surface area contributed by atoms with E-state index >= 15 is 0 Å². The highest BCUT2D eigenvalue weighted by atomic mass is 16.2. The van der Waals surface area contributed by atoms with E-state index in [0.29, 0.717) is 0 Å². The van der Waals surface area contributed by atoms with Crippen LogP contribution in [0.2, 0.25) is 0 Å². The van der Waals surface area contributed by atoms with Gasteiger partial charge in [-0.1, -0.05) is 17.7 Å². The van der Waals surface area contributed by atoms with Crippen LogP contribution in [0.5, 0.6) is 0 Å². The molecule has 1 atom stereocenters. The molecule has 1 aliphatic rings. The standard InChI is InChI=1S/C22H29N3O/c1-15-13-16(2)21(17(3)14-15)24-22(26)18(4)23-19-7-9-20(10-8-19)25-11-5-6-12-25/h7-10,13-14,18,23H,5-6,11-12H2,1-4H3,(H,24,26)/t18-/m1/s1. The van der Waals surface area contributed by atoms with Gasteiger partial charge in [0.25, 0.3) is 0 Å². The molecule has 0 saturated carbocycles. The Balaban J connectivity index is 1.62. The van der Waals surface area contributed by atoms with Crippen LogP contribution in [0.4, 0.5) is 17.1 Å². The predicted molar refractivity (Wildman–Crippen MR) is 110 cm³/mol. The molecule has 1 heterocycles. The molecule has 26 heavy (non-hydrogen) atoms. The molecule has 1 aliphatic heterocycles. The first-order valence-corrected chi connectivity index (χ1v) is 9.44. The van der Waals surface area contributed by atoms with Gasteiger partial charge in [-0.25, -0.2) is 0 Å². The summed E-state index contributed by atoms with van der Waals surface area (Å²) in [6.07, 6.45) is 2.55. The second-order valence-corrected chi connectivity index (χ2v) is 7.37. The normalized spacial score (nSPS) is 15.0. The highest BCUT2D eigenvalue weighted by molar-refractivity contribution is 5.97. The van der Waals surface area contributed by atoms with Crippen LogP contribution in [-0.2, 0) is 4.79 Å². The van der Waals surface area contributed by atoms with Crippen LogP contribution in [0.3, 0.4) is 0 Å². The van der Waals surface area contributed by atoms with E-state index in [1.165, 1.54) is 24.1 Å². The minimum absolute atomic E-state index is 0.0244. The number of rotatable bonds is 5. The number of hydrogen-bond donors (Lipinski definition) is 2. The zero-order chi connectivity index (χ0) is 18.7. The van der Waals surface area contributed by atoms with Crippen LogP contribution in [0.1, 0.15) is 36.5 Å². The third kappa shape index (κ3) is 4.18. The van der Waals surface area contributed by atoms with Crippen molar-refractivity contribution in [3.63, 3.8) is 0 Å². The zero-order valence-electron chi connectivity index (χ0n) is 16.2. The Morgan fingerprint density at radius 2 is 1.58 bits per heavy atom. The van der Waals surface area contributed by atoms with Crippen molar-refractivity contribution in [1.29, 1.82) is 0 Å². The summed E-state index contributed by atoms with van der Waals surface area (Å²) in [7, 11) is 0. The maximum atomic E-state index is 12.6. The van der Waals surface area contributed by atoms with Gasteiger partial charge in [-0.3, -0.25) is 4.79 Å². The van der Waals surface area contributed by atoms with E-state index in [-0.39, 0.29) is 11.9 Å². The zero-order valence-corrected chi connectivity index (χ0v) is 16.2. The van der Waals surface area contributed by atoms with E-state index in [1.54, 1.807) is 0 Å². The van der Waals surface area contributed by atoms with Crippen LogP contribution in [0, 0.1) is 20.8 Å². The Hall–Kier alpha value is -2.49. The van der Waals surface area contributed by atoms with Gasteiger partial charge in [-0.2, -0.15) is 0 Å². The summed E-state index contributed by atoms with van der Waals surface area (Å²) in [5, 5.41) is 6.37. The molecule has 138 valence electrons. The molecule has 0 aromatic heterocycles. The highest BCUT2D eigenvalue weighted by Gasteiger charge is 2.16. The minimum Gasteiger partial charge on any atom is -0.374 e. The third-order valence-corrected chi connectivity index (χ3v) is 5.04. The van der Waals surface area contributed by atoms with Crippen LogP contribution in [0.15, 0.2) is 36.4 Å². The maximum Gasteiger partial charge on any atom is 0.246 e. The molecule has 3 rings (SSSR count). The fraction of sp³-hybridized carbons (Fsp3) is 0.409. The van der Waals surface area contributed by atoms with Crippen molar-refractivity contribution in [3.8, 4) is 0 Å². The number of carbonyl (C=O) groups is 1. The SMILES string of the molecule is Cc1cc(C)c(NC(=O)[C@@H](C)Nc2ccc(N3CCCC3)cc2)c(C)c1. The van der Waals surface area contributed by atoms with Gasteiger partial charge in [0, 0.05) is 30.2 Å². The van der Waals surface area contributed by atoms with Crippen molar-refractivity contribution in [2.45, 2.75) is 46.6 Å². The van der Waals surface area contributed by atoms with Gasteiger partial charge < -0.3 is 15.5 Å². The molecule has 0 aliphatic carbocycles. The fourth-order valence-corrected chi connectivity index (χ4v) is 3.67. The summed E-state index contributed by atoms with van der Waals surface area (Å²) in [6, 6.07) is 12.3. The largest absolute Gasteiger partial charge is 0.374 e. The van der Waals surface area contributed by atoms with Crippen LogP contribution in [0.25, 0.3) is 0 Å². The molecule has 2 aromatic carbocycles. The number of amides is 1. The van der Waals surface area contributed by atoms with E-state index in [9.17, 15) is 4.79 Å².